The van der Waals surface area contributed by atoms with Gasteiger partial charge in [-0.25, -0.2) is 9.18 Å². The number of rotatable bonds is 2. The Morgan fingerprint density at radius 3 is 2.68 bits per heavy atom. The fraction of sp³-hybridized carbons (Fsp3) is 0.429. The molecule has 0 spiro atoms. The first-order valence-corrected chi connectivity index (χ1v) is 6.37. The Morgan fingerprint density at radius 2 is 2.05 bits per heavy atom. The molecule has 1 fully saturated rings. The Kier molecular flexibility index (Phi) is 4.14. The number of anilines is 1. The summed E-state index contributed by atoms with van der Waals surface area (Å²) in [5, 5.41) is 2.65. The number of nitrogens with zero attached hydrogens (tertiary/aromatic N) is 1. The second kappa shape index (κ2) is 5.82. The van der Waals surface area contributed by atoms with Crippen molar-refractivity contribution >= 4 is 17.5 Å². The third-order valence-corrected chi connectivity index (χ3v) is 3.46. The van der Waals surface area contributed by atoms with Crippen LogP contribution in [0.1, 0.15) is 25.7 Å². The quantitative estimate of drug-likeness (QED) is 0.893. The fourth-order valence-electron chi connectivity index (χ4n) is 2.26. The van der Waals surface area contributed by atoms with E-state index in [2.05, 4.69) is 5.32 Å². The Hall–Kier alpha value is -1.91. The molecule has 1 N–H and O–H groups in total. The van der Waals surface area contributed by atoms with Crippen molar-refractivity contribution < 1.29 is 14.0 Å². The number of halogens is 1. The standard InChI is InChI=1S/C14H17FN2O2/c1-17(12-5-7-13(18)8-6-12)14(19)16-11-4-2-3-10(15)9-11/h2-4,9,12H,5-8H2,1H3,(H,16,19). The van der Waals surface area contributed by atoms with Crippen LogP contribution in [0.25, 0.3) is 0 Å². The first-order valence-electron chi connectivity index (χ1n) is 6.37. The maximum Gasteiger partial charge on any atom is 0.321 e. The summed E-state index contributed by atoms with van der Waals surface area (Å²) >= 11 is 0. The molecule has 0 atom stereocenters. The molecule has 1 aliphatic carbocycles. The van der Waals surface area contributed by atoms with Crippen LogP contribution in [-0.4, -0.2) is 29.8 Å². The minimum atomic E-state index is -0.385. The summed E-state index contributed by atoms with van der Waals surface area (Å²) in [6.07, 6.45) is 2.46. The van der Waals surface area contributed by atoms with E-state index in [4.69, 9.17) is 0 Å². The molecule has 1 aromatic rings. The average molecular weight is 264 g/mol. The Bertz CT molecular complexity index is 480. The van der Waals surface area contributed by atoms with Gasteiger partial charge in [0.05, 0.1) is 0 Å². The molecular formula is C14H17FN2O2. The van der Waals surface area contributed by atoms with E-state index in [0.717, 1.165) is 0 Å². The number of hydrogen-bond acceptors (Lipinski definition) is 2. The lowest BCUT2D eigenvalue weighted by molar-refractivity contribution is -0.121. The van der Waals surface area contributed by atoms with Gasteiger partial charge in [0.25, 0.3) is 0 Å². The highest BCUT2D eigenvalue weighted by atomic mass is 19.1. The van der Waals surface area contributed by atoms with Gasteiger partial charge in [-0.2, -0.15) is 0 Å². The molecule has 0 unspecified atom stereocenters. The van der Waals surface area contributed by atoms with Crippen molar-refractivity contribution in [2.75, 3.05) is 12.4 Å². The molecule has 4 nitrogen and oxygen atoms in total. The zero-order valence-electron chi connectivity index (χ0n) is 10.9. The van der Waals surface area contributed by atoms with E-state index in [-0.39, 0.29) is 23.7 Å². The van der Waals surface area contributed by atoms with Crippen LogP contribution in [0, 0.1) is 5.82 Å². The van der Waals surface area contributed by atoms with Gasteiger partial charge in [-0.15, -0.1) is 0 Å². The van der Waals surface area contributed by atoms with E-state index in [0.29, 0.717) is 31.4 Å². The normalized spacial score (nSPS) is 16.2. The molecule has 0 bridgehead atoms. The van der Waals surface area contributed by atoms with Crippen LogP contribution in [0.3, 0.4) is 0 Å². The number of amides is 2. The van der Waals surface area contributed by atoms with Crippen LogP contribution in [0.15, 0.2) is 24.3 Å². The number of nitrogens with one attached hydrogen (secondary N) is 1. The average Bonchev–Trinajstić information content (AvgIpc) is 2.39. The van der Waals surface area contributed by atoms with Gasteiger partial charge >= 0.3 is 6.03 Å². The minimum Gasteiger partial charge on any atom is -0.325 e. The van der Waals surface area contributed by atoms with Crippen LogP contribution >= 0.6 is 0 Å². The predicted molar refractivity (Wildman–Crippen MR) is 70.4 cm³/mol. The van der Waals surface area contributed by atoms with Crippen molar-refractivity contribution in [1.29, 1.82) is 0 Å². The van der Waals surface area contributed by atoms with Crippen LogP contribution in [0.5, 0.6) is 0 Å². The minimum absolute atomic E-state index is 0.0752. The molecule has 0 radical (unpaired) electrons. The van der Waals surface area contributed by atoms with Crippen LogP contribution < -0.4 is 5.32 Å². The van der Waals surface area contributed by atoms with E-state index >= 15 is 0 Å². The Labute approximate surface area is 111 Å². The fourth-order valence-corrected chi connectivity index (χ4v) is 2.26. The van der Waals surface area contributed by atoms with Gasteiger partial charge in [-0.1, -0.05) is 6.07 Å². The van der Waals surface area contributed by atoms with Crippen LogP contribution in [-0.2, 0) is 4.79 Å². The largest absolute Gasteiger partial charge is 0.325 e. The smallest absolute Gasteiger partial charge is 0.321 e. The SMILES string of the molecule is CN(C(=O)Nc1cccc(F)c1)C1CCC(=O)CC1. The van der Waals surface area contributed by atoms with Crippen molar-refractivity contribution in [3.8, 4) is 0 Å². The van der Waals surface area contributed by atoms with Gasteiger partial charge in [0.15, 0.2) is 0 Å². The lowest BCUT2D eigenvalue weighted by Gasteiger charge is -2.30. The van der Waals surface area contributed by atoms with E-state index in [1.54, 1.807) is 24.1 Å². The lowest BCUT2D eigenvalue weighted by Crippen LogP contribution is -2.41. The highest BCUT2D eigenvalue weighted by Crippen LogP contribution is 2.20. The van der Waals surface area contributed by atoms with Gasteiger partial charge in [0.2, 0.25) is 0 Å². The number of carbonyl (C=O) groups is 2. The molecule has 0 aliphatic heterocycles. The number of benzene rings is 1. The van der Waals surface area contributed by atoms with Gasteiger partial charge in [0.1, 0.15) is 11.6 Å². The monoisotopic (exact) mass is 264 g/mol. The van der Waals surface area contributed by atoms with Gasteiger partial charge in [-0.3, -0.25) is 4.79 Å². The van der Waals surface area contributed by atoms with Crippen LogP contribution in [0.2, 0.25) is 0 Å². The second-order valence-corrected chi connectivity index (χ2v) is 4.82. The molecule has 0 saturated heterocycles. The molecule has 2 rings (SSSR count). The Balaban J connectivity index is 1.94. The molecule has 0 aromatic heterocycles. The molecule has 5 heteroatoms. The number of ketones is 1. The summed E-state index contributed by atoms with van der Waals surface area (Å²) < 4.78 is 13.0. The molecule has 1 aliphatic rings. The topological polar surface area (TPSA) is 49.4 Å². The summed E-state index contributed by atoms with van der Waals surface area (Å²) in [5.41, 5.74) is 0.434. The zero-order valence-corrected chi connectivity index (χ0v) is 10.9. The van der Waals surface area contributed by atoms with Gasteiger partial charge in [0, 0.05) is 31.6 Å². The summed E-state index contributed by atoms with van der Waals surface area (Å²) in [4.78, 5) is 24.8. The molecule has 1 saturated carbocycles. The van der Waals surface area contributed by atoms with E-state index in [1.807, 2.05) is 0 Å². The maximum atomic E-state index is 13.0. The third kappa shape index (κ3) is 3.53. The lowest BCUT2D eigenvalue weighted by atomic mass is 9.93. The van der Waals surface area contributed by atoms with Crippen molar-refractivity contribution in [2.45, 2.75) is 31.7 Å². The van der Waals surface area contributed by atoms with Crippen molar-refractivity contribution in [2.24, 2.45) is 0 Å². The molecule has 1 aromatic carbocycles. The van der Waals surface area contributed by atoms with E-state index in [9.17, 15) is 14.0 Å². The highest BCUT2D eigenvalue weighted by Gasteiger charge is 2.25. The highest BCUT2D eigenvalue weighted by molar-refractivity contribution is 5.89. The van der Waals surface area contributed by atoms with E-state index in [1.165, 1.54) is 12.1 Å². The molecule has 102 valence electrons. The van der Waals surface area contributed by atoms with E-state index < -0.39 is 0 Å². The number of carbonyl (C=O) groups excluding carboxylic acids is 2. The zero-order chi connectivity index (χ0) is 13.8. The number of Topliss-reactive ketones (excluding diaryl/α,β-unsaturated/α-hetero) is 1. The molecule has 19 heavy (non-hydrogen) atoms. The van der Waals surface area contributed by atoms with Crippen molar-refractivity contribution in [3.63, 3.8) is 0 Å². The maximum absolute atomic E-state index is 13.0. The molecule has 0 heterocycles. The van der Waals surface area contributed by atoms with Crippen molar-refractivity contribution in [1.82, 2.24) is 4.90 Å². The summed E-state index contributed by atoms with van der Waals surface area (Å²) in [6.45, 7) is 0. The van der Waals surface area contributed by atoms with Crippen molar-refractivity contribution in [3.05, 3.63) is 30.1 Å². The first kappa shape index (κ1) is 13.5. The van der Waals surface area contributed by atoms with Gasteiger partial charge in [-0.05, 0) is 31.0 Å². The summed E-state index contributed by atoms with van der Waals surface area (Å²) in [5.74, 6) is -0.126. The first-order chi connectivity index (χ1) is 9.06. The second-order valence-electron chi connectivity index (χ2n) is 4.82. The number of hydrogen-bond donors (Lipinski definition) is 1. The number of urea groups is 1. The Morgan fingerprint density at radius 1 is 1.37 bits per heavy atom. The predicted octanol–water partition coefficient (Wildman–Crippen LogP) is 2.80. The third-order valence-electron chi connectivity index (χ3n) is 3.46. The summed E-state index contributed by atoms with van der Waals surface area (Å²) in [6, 6.07) is 5.59. The van der Waals surface area contributed by atoms with Gasteiger partial charge < -0.3 is 10.2 Å². The molecular weight excluding hydrogens is 247 g/mol. The summed E-state index contributed by atoms with van der Waals surface area (Å²) in [7, 11) is 1.70. The molecule has 2 amide bonds. The van der Waals surface area contributed by atoms with Crippen LogP contribution in [0.4, 0.5) is 14.9 Å².